The summed E-state index contributed by atoms with van der Waals surface area (Å²) in [5.41, 5.74) is 7.41. The van der Waals surface area contributed by atoms with Gasteiger partial charge in [-0.1, -0.05) is 39.0 Å². The molecule has 0 unspecified atom stereocenters. The molecule has 18 heavy (non-hydrogen) atoms. The van der Waals surface area contributed by atoms with Gasteiger partial charge in [0.15, 0.2) is 0 Å². The first kappa shape index (κ1) is 14.7. The molecule has 0 radical (unpaired) electrons. The van der Waals surface area contributed by atoms with Gasteiger partial charge in [0, 0.05) is 12.2 Å². The fourth-order valence-corrected chi connectivity index (χ4v) is 2.16. The molecule has 1 rings (SSSR count). The molecule has 0 bridgehead atoms. The molecular formula is C15H24N2O. The summed E-state index contributed by atoms with van der Waals surface area (Å²) in [5.74, 6) is 0.0379. The van der Waals surface area contributed by atoms with Crippen molar-refractivity contribution < 1.29 is 4.79 Å². The van der Waals surface area contributed by atoms with Gasteiger partial charge in [-0.05, 0) is 30.9 Å². The standard InChI is InChI=1S/C15H24N2O/c1-4-12-9-7-8-10-13(12)17-14(18)15(5-2,6-3)11-16/h7-10H,4-6,11,16H2,1-3H3,(H,17,18). The van der Waals surface area contributed by atoms with E-state index in [9.17, 15) is 4.79 Å². The van der Waals surface area contributed by atoms with Crippen LogP contribution in [0.4, 0.5) is 5.69 Å². The third kappa shape index (κ3) is 2.91. The number of para-hydroxylation sites is 1. The zero-order valence-electron chi connectivity index (χ0n) is 11.6. The number of nitrogens with one attached hydrogen (secondary N) is 1. The van der Waals surface area contributed by atoms with Crippen molar-refractivity contribution in [1.29, 1.82) is 0 Å². The van der Waals surface area contributed by atoms with Crippen LogP contribution in [-0.4, -0.2) is 12.5 Å². The molecule has 0 spiro atoms. The highest BCUT2D eigenvalue weighted by Gasteiger charge is 2.33. The maximum Gasteiger partial charge on any atom is 0.231 e. The van der Waals surface area contributed by atoms with Crippen molar-refractivity contribution in [1.82, 2.24) is 0 Å². The Morgan fingerprint density at radius 3 is 2.33 bits per heavy atom. The van der Waals surface area contributed by atoms with Crippen LogP contribution >= 0.6 is 0 Å². The number of hydrogen-bond acceptors (Lipinski definition) is 2. The minimum Gasteiger partial charge on any atom is -0.329 e. The van der Waals surface area contributed by atoms with E-state index in [4.69, 9.17) is 5.73 Å². The van der Waals surface area contributed by atoms with Crippen molar-refractivity contribution in [3.05, 3.63) is 29.8 Å². The van der Waals surface area contributed by atoms with Crippen LogP contribution < -0.4 is 11.1 Å². The predicted molar refractivity (Wildman–Crippen MR) is 76.5 cm³/mol. The number of amides is 1. The average Bonchev–Trinajstić information content (AvgIpc) is 2.42. The monoisotopic (exact) mass is 248 g/mol. The van der Waals surface area contributed by atoms with Gasteiger partial charge in [0.1, 0.15) is 0 Å². The summed E-state index contributed by atoms with van der Waals surface area (Å²) in [5, 5.41) is 3.04. The Morgan fingerprint density at radius 2 is 1.83 bits per heavy atom. The van der Waals surface area contributed by atoms with Gasteiger partial charge in [0.2, 0.25) is 5.91 Å². The molecule has 3 nitrogen and oxygen atoms in total. The Hall–Kier alpha value is -1.35. The van der Waals surface area contributed by atoms with Gasteiger partial charge < -0.3 is 11.1 Å². The molecule has 1 amide bonds. The topological polar surface area (TPSA) is 55.1 Å². The van der Waals surface area contributed by atoms with Crippen LogP contribution in [0.25, 0.3) is 0 Å². The highest BCUT2D eigenvalue weighted by molar-refractivity contribution is 5.96. The lowest BCUT2D eigenvalue weighted by atomic mass is 9.81. The molecule has 3 N–H and O–H groups in total. The molecule has 0 fully saturated rings. The number of hydrogen-bond donors (Lipinski definition) is 2. The largest absolute Gasteiger partial charge is 0.329 e. The summed E-state index contributed by atoms with van der Waals surface area (Å²) >= 11 is 0. The van der Waals surface area contributed by atoms with E-state index in [1.807, 2.05) is 38.1 Å². The minimum atomic E-state index is -0.444. The van der Waals surface area contributed by atoms with Crippen molar-refractivity contribution >= 4 is 11.6 Å². The summed E-state index contributed by atoms with van der Waals surface area (Å²) < 4.78 is 0. The molecule has 0 aliphatic rings. The second kappa shape index (κ2) is 6.55. The molecular weight excluding hydrogens is 224 g/mol. The van der Waals surface area contributed by atoms with Gasteiger partial charge in [-0.15, -0.1) is 0 Å². The Labute approximate surface area is 110 Å². The van der Waals surface area contributed by atoms with Gasteiger partial charge in [0.25, 0.3) is 0 Å². The number of carbonyl (C=O) groups excluding carboxylic acids is 1. The number of nitrogens with two attached hydrogens (primary N) is 1. The van der Waals surface area contributed by atoms with Crippen molar-refractivity contribution in [2.75, 3.05) is 11.9 Å². The van der Waals surface area contributed by atoms with Gasteiger partial charge in [0.05, 0.1) is 5.41 Å². The molecule has 0 aliphatic heterocycles. The van der Waals surface area contributed by atoms with Gasteiger partial charge in [-0.3, -0.25) is 4.79 Å². The van der Waals surface area contributed by atoms with Crippen LogP contribution in [0.5, 0.6) is 0 Å². The van der Waals surface area contributed by atoms with Crippen molar-refractivity contribution in [3.8, 4) is 0 Å². The van der Waals surface area contributed by atoms with E-state index in [0.29, 0.717) is 6.54 Å². The normalized spacial score (nSPS) is 11.3. The second-order valence-corrected chi connectivity index (χ2v) is 4.66. The molecule has 100 valence electrons. The summed E-state index contributed by atoms with van der Waals surface area (Å²) in [6.45, 7) is 6.50. The third-order valence-electron chi connectivity index (χ3n) is 3.87. The van der Waals surface area contributed by atoms with E-state index in [0.717, 1.165) is 30.5 Å². The minimum absolute atomic E-state index is 0.0379. The summed E-state index contributed by atoms with van der Waals surface area (Å²) in [6, 6.07) is 7.92. The van der Waals surface area contributed by atoms with E-state index in [2.05, 4.69) is 12.2 Å². The van der Waals surface area contributed by atoms with E-state index in [1.54, 1.807) is 0 Å². The van der Waals surface area contributed by atoms with Crippen molar-refractivity contribution in [3.63, 3.8) is 0 Å². The molecule has 0 heterocycles. The Kier molecular flexibility index (Phi) is 5.35. The maximum absolute atomic E-state index is 12.4. The number of anilines is 1. The molecule has 0 aromatic heterocycles. The number of aryl methyl sites for hydroxylation is 1. The quantitative estimate of drug-likeness (QED) is 0.813. The fraction of sp³-hybridized carbons (Fsp3) is 0.533. The number of rotatable bonds is 6. The van der Waals surface area contributed by atoms with Gasteiger partial charge >= 0.3 is 0 Å². The Morgan fingerprint density at radius 1 is 1.22 bits per heavy atom. The lowest BCUT2D eigenvalue weighted by molar-refractivity contribution is -0.125. The third-order valence-corrected chi connectivity index (χ3v) is 3.87. The van der Waals surface area contributed by atoms with Crippen LogP contribution in [0, 0.1) is 5.41 Å². The van der Waals surface area contributed by atoms with Gasteiger partial charge in [-0.2, -0.15) is 0 Å². The van der Waals surface area contributed by atoms with Crippen LogP contribution in [0.3, 0.4) is 0 Å². The SMILES string of the molecule is CCc1ccccc1NC(=O)C(CC)(CC)CN. The van der Waals surface area contributed by atoms with E-state index < -0.39 is 5.41 Å². The van der Waals surface area contributed by atoms with E-state index >= 15 is 0 Å². The van der Waals surface area contributed by atoms with Crippen molar-refractivity contribution in [2.45, 2.75) is 40.0 Å². The van der Waals surface area contributed by atoms with Gasteiger partial charge in [-0.25, -0.2) is 0 Å². The van der Waals surface area contributed by atoms with Crippen LogP contribution in [-0.2, 0) is 11.2 Å². The first-order chi connectivity index (χ1) is 8.63. The van der Waals surface area contributed by atoms with Crippen LogP contribution in [0.1, 0.15) is 39.2 Å². The highest BCUT2D eigenvalue weighted by Crippen LogP contribution is 2.27. The zero-order valence-corrected chi connectivity index (χ0v) is 11.6. The van der Waals surface area contributed by atoms with E-state index in [-0.39, 0.29) is 5.91 Å². The van der Waals surface area contributed by atoms with Crippen molar-refractivity contribution in [2.24, 2.45) is 11.1 Å². The molecule has 3 heteroatoms. The van der Waals surface area contributed by atoms with Crippen LogP contribution in [0.2, 0.25) is 0 Å². The number of benzene rings is 1. The lowest BCUT2D eigenvalue weighted by Gasteiger charge is -2.29. The molecule has 0 saturated carbocycles. The average molecular weight is 248 g/mol. The van der Waals surface area contributed by atoms with Crippen LogP contribution in [0.15, 0.2) is 24.3 Å². The Balaban J connectivity index is 2.93. The lowest BCUT2D eigenvalue weighted by Crippen LogP contribution is -2.41. The molecule has 0 aliphatic carbocycles. The molecule has 1 aromatic rings. The zero-order chi connectivity index (χ0) is 13.6. The first-order valence-electron chi connectivity index (χ1n) is 6.73. The maximum atomic E-state index is 12.4. The fourth-order valence-electron chi connectivity index (χ4n) is 2.16. The highest BCUT2D eigenvalue weighted by atomic mass is 16.2. The Bertz CT molecular complexity index is 389. The van der Waals surface area contributed by atoms with E-state index in [1.165, 1.54) is 0 Å². The molecule has 0 saturated heterocycles. The summed E-state index contributed by atoms with van der Waals surface area (Å²) in [7, 11) is 0. The molecule has 0 atom stereocenters. The smallest absolute Gasteiger partial charge is 0.231 e. The number of carbonyl (C=O) groups is 1. The predicted octanol–water partition coefficient (Wildman–Crippen LogP) is 2.95. The second-order valence-electron chi connectivity index (χ2n) is 4.66. The summed E-state index contributed by atoms with van der Waals surface area (Å²) in [4.78, 5) is 12.4. The molecule has 1 aromatic carbocycles. The first-order valence-corrected chi connectivity index (χ1v) is 6.73. The summed E-state index contributed by atoms with van der Waals surface area (Å²) in [6.07, 6.45) is 2.44.